The summed E-state index contributed by atoms with van der Waals surface area (Å²) >= 11 is 0. The molecule has 2 heteroatoms. The summed E-state index contributed by atoms with van der Waals surface area (Å²) in [5.74, 6) is 2.06. The minimum Gasteiger partial charge on any atom is -0.233 e. The number of hydrogen-bond donors (Lipinski definition) is 0. The molecule has 0 saturated carbocycles. The Labute approximate surface area is 147 Å². The second-order valence-corrected chi connectivity index (χ2v) is 5.44. The monoisotopic (exact) mass is 321 g/mol. The SMILES string of the molecule is N#C/C(=C(/C(=C=O)c1ccccc1)c1ccccc1)c1ccccc1. The van der Waals surface area contributed by atoms with Crippen LogP contribution in [0.15, 0.2) is 91.0 Å². The van der Waals surface area contributed by atoms with E-state index in [0.29, 0.717) is 16.7 Å². The summed E-state index contributed by atoms with van der Waals surface area (Å²) in [5.41, 5.74) is 3.74. The first-order chi connectivity index (χ1) is 12.3. The molecule has 0 bridgehead atoms. The van der Waals surface area contributed by atoms with E-state index in [4.69, 9.17) is 0 Å². The lowest BCUT2D eigenvalue weighted by Crippen LogP contribution is -1.96. The summed E-state index contributed by atoms with van der Waals surface area (Å²) in [6, 6.07) is 30.5. The summed E-state index contributed by atoms with van der Waals surface area (Å²) in [4.78, 5) is 11.9. The Bertz CT molecular complexity index is 975. The highest BCUT2D eigenvalue weighted by Gasteiger charge is 2.18. The number of benzene rings is 3. The Hall–Kier alpha value is -3.66. The molecule has 0 spiro atoms. The van der Waals surface area contributed by atoms with Crippen LogP contribution in [-0.2, 0) is 4.79 Å². The highest BCUT2D eigenvalue weighted by molar-refractivity contribution is 6.23. The molecule has 0 radical (unpaired) electrons. The van der Waals surface area contributed by atoms with Gasteiger partial charge in [0, 0.05) is 5.57 Å². The zero-order valence-corrected chi connectivity index (χ0v) is 13.5. The van der Waals surface area contributed by atoms with E-state index < -0.39 is 0 Å². The maximum atomic E-state index is 11.9. The molecule has 0 heterocycles. The van der Waals surface area contributed by atoms with Gasteiger partial charge in [0.1, 0.15) is 12.0 Å². The predicted molar refractivity (Wildman–Crippen MR) is 101 cm³/mol. The third-order valence-electron chi connectivity index (χ3n) is 3.90. The minimum atomic E-state index is 0.382. The van der Waals surface area contributed by atoms with Gasteiger partial charge >= 0.3 is 0 Å². The van der Waals surface area contributed by atoms with E-state index in [0.717, 1.165) is 16.7 Å². The molecule has 3 aromatic rings. The van der Waals surface area contributed by atoms with E-state index in [2.05, 4.69) is 12.0 Å². The molecule has 0 N–H and O–H groups in total. The minimum absolute atomic E-state index is 0.382. The topological polar surface area (TPSA) is 40.9 Å². The van der Waals surface area contributed by atoms with Gasteiger partial charge in [-0.3, -0.25) is 0 Å². The van der Waals surface area contributed by atoms with Crippen molar-refractivity contribution in [3.05, 3.63) is 108 Å². The van der Waals surface area contributed by atoms with E-state index in [1.165, 1.54) is 0 Å². The molecule has 2 nitrogen and oxygen atoms in total. The molecule has 3 rings (SSSR count). The van der Waals surface area contributed by atoms with Crippen molar-refractivity contribution in [3.8, 4) is 6.07 Å². The fraction of sp³-hybridized carbons (Fsp3) is 0. The summed E-state index contributed by atoms with van der Waals surface area (Å²) < 4.78 is 0. The van der Waals surface area contributed by atoms with Crippen LogP contribution in [0.3, 0.4) is 0 Å². The van der Waals surface area contributed by atoms with Gasteiger partial charge in [-0.1, -0.05) is 91.0 Å². The fourth-order valence-electron chi connectivity index (χ4n) is 2.75. The van der Waals surface area contributed by atoms with Crippen LogP contribution in [0.2, 0.25) is 0 Å². The molecule has 0 aliphatic heterocycles. The van der Waals surface area contributed by atoms with Crippen molar-refractivity contribution < 1.29 is 4.79 Å². The summed E-state index contributed by atoms with van der Waals surface area (Å²) in [6.07, 6.45) is 0. The molecule has 118 valence electrons. The van der Waals surface area contributed by atoms with E-state index >= 15 is 0 Å². The molecule has 0 atom stereocenters. The highest BCUT2D eigenvalue weighted by atomic mass is 16.1. The van der Waals surface area contributed by atoms with Crippen LogP contribution in [0, 0.1) is 11.3 Å². The quantitative estimate of drug-likeness (QED) is 0.292. The lowest BCUT2D eigenvalue weighted by Gasteiger charge is -2.13. The number of rotatable bonds is 4. The molecule has 3 aromatic carbocycles. The Morgan fingerprint density at radius 1 is 0.640 bits per heavy atom. The van der Waals surface area contributed by atoms with Gasteiger partial charge in [0.05, 0.1) is 11.1 Å². The smallest absolute Gasteiger partial charge is 0.133 e. The molecule has 0 unspecified atom stereocenters. The van der Waals surface area contributed by atoms with Crippen molar-refractivity contribution in [2.45, 2.75) is 0 Å². The van der Waals surface area contributed by atoms with Crippen LogP contribution >= 0.6 is 0 Å². The summed E-state index contributed by atoms with van der Waals surface area (Å²) in [7, 11) is 0. The maximum Gasteiger partial charge on any atom is 0.133 e. The van der Waals surface area contributed by atoms with Crippen molar-refractivity contribution in [2.24, 2.45) is 0 Å². The van der Waals surface area contributed by atoms with Crippen LogP contribution < -0.4 is 0 Å². The Balaban J connectivity index is 2.33. The van der Waals surface area contributed by atoms with Gasteiger partial charge in [-0.25, -0.2) is 4.79 Å². The van der Waals surface area contributed by atoms with Crippen molar-refractivity contribution >= 4 is 22.7 Å². The van der Waals surface area contributed by atoms with Crippen LogP contribution in [0.4, 0.5) is 0 Å². The van der Waals surface area contributed by atoms with Crippen molar-refractivity contribution in [1.82, 2.24) is 0 Å². The average Bonchev–Trinajstić information content (AvgIpc) is 2.70. The van der Waals surface area contributed by atoms with Crippen molar-refractivity contribution in [1.29, 1.82) is 5.26 Å². The number of hydrogen-bond acceptors (Lipinski definition) is 2. The van der Waals surface area contributed by atoms with Crippen LogP contribution in [0.5, 0.6) is 0 Å². The molecule has 0 saturated heterocycles. The van der Waals surface area contributed by atoms with Crippen molar-refractivity contribution in [3.63, 3.8) is 0 Å². The van der Waals surface area contributed by atoms with Gasteiger partial charge in [0.25, 0.3) is 0 Å². The van der Waals surface area contributed by atoms with Gasteiger partial charge in [-0.2, -0.15) is 5.26 Å². The third-order valence-corrected chi connectivity index (χ3v) is 3.90. The number of carbonyl (C=O) groups excluding carboxylic acids is 1. The molecule has 0 amide bonds. The first kappa shape index (κ1) is 16.2. The normalized spacial score (nSPS) is 11.0. The van der Waals surface area contributed by atoms with Gasteiger partial charge in [0.15, 0.2) is 0 Å². The highest BCUT2D eigenvalue weighted by Crippen LogP contribution is 2.35. The molecular weight excluding hydrogens is 306 g/mol. The zero-order chi connectivity index (χ0) is 17.5. The molecular formula is C23H15NO. The first-order valence-electron chi connectivity index (χ1n) is 7.91. The van der Waals surface area contributed by atoms with Gasteiger partial charge in [-0.15, -0.1) is 0 Å². The number of nitriles is 1. The number of allylic oxidation sites excluding steroid dienone is 3. The Morgan fingerprint density at radius 3 is 1.52 bits per heavy atom. The van der Waals surface area contributed by atoms with Crippen LogP contribution in [-0.4, -0.2) is 5.94 Å². The average molecular weight is 321 g/mol. The van der Waals surface area contributed by atoms with E-state index in [1.54, 1.807) is 0 Å². The Morgan fingerprint density at radius 2 is 1.08 bits per heavy atom. The predicted octanol–water partition coefficient (Wildman–Crippen LogP) is 5.04. The third kappa shape index (κ3) is 3.48. The van der Waals surface area contributed by atoms with Gasteiger partial charge in [-0.05, 0) is 16.7 Å². The zero-order valence-electron chi connectivity index (χ0n) is 13.5. The lowest BCUT2D eigenvalue weighted by atomic mass is 9.87. The Kier molecular flexibility index (Phi) is 5.02. The number of nitrogens with zero attached hydrogens (tertiary/aromatic N) is 1. The molecule has 25 heavy (non-hydrogen) atoms. The first-order valence-corrected chi connectivity index (χ1v) is 7.91. The van der Waals surface area contributed by atoms with Crippen molar-refractivity contribution in [2.75, 3.05) is 0 Å². The molecule has 0 aliphatic rings. The van der Waals surface area contributed by atoms with E-state index in [1.807, 2.05) is 91.0 Å². The summed E-state index contributed by atoms with van der Waals surface area (Å²) in [5, 5.41) is 9.85. The molecule has 0 fully saturated rings. The second-order valence-electron chi connectivity index (χ2n) is 5.44. The fourth-order valence-corrected chi connectivity index (χ4v) is 2.75. The second kappa shape index (κ2) is 7.75. The van der Waals surface area contributed by atoms with Gasteiger partial charge in [0.2, 0.25) is 0 Å². The maximum absolute atomic E-state index is 11.9. The standard InChI is InChI=1S/C23H15NO/c24-16-21(18-10-4-1-5-11-18)23(20-14-8-3-9-15-20)22(17-25)19-12-6-2-7-13-19/h1-15H/b23-21-. The van der Waals surface area contributed by atoms with E-state index in [9.17, 15) is 10.1 Å². The van der Waals surface area contributed by atoms with Gasteiger partial charge < -0.3 is 0 Å². The van der Waals surface area contributed by atoms with Crippen LogP contribution in [0.1, 0.15) is 16.7 Å². The van der Waals surface area contributed by atoms with E-state index in [-0.39, 0.29) is 0 Å². The molecule has 0 aliphatic carbocycles. The summed E-state index contributed by atoms with van der Waals surface area (Å²) in [6.45, 7) is 0. The molecule has 0 aromatic heterocycles. The largest absolute Gasteiger partial charge is 0.233 e. The van der Waals surface area contributed by atoms with Crippen LogP contribution in [0.25, 0.3) is 16.7 Å². The lowest BCUT2D eigenvalue weighted by molar-refractivity contribution is 0.569.